The summed E-state index contributed by atoms with van der Waals surface area (Å²) in [6, 6.07) is 3.54. The van der Waals surface area contributed by atoms with Crippen LogP contribution in [-0.4, -0.2) is 12.5 Å². The highest BCUT2D eigenvalue weighted by Crippen LogP contribution is 2.25. The molecule has 0 radical (unpaired) electrons. The maximum absolute atomic E-state index is 14.2. The van der Waals surface area contributed by atoms with E-state index >= 15 is 0 Å². The number of nitrogens with one attached hydrogen (secondary N) is 2. The summed E-state index contributed by atoms with van der Waals surface area (Å²) in [5, 5.41) is 5.88. The zero-order valence-corrected chi connectivity index (χ0v) is 10.8. The van der Waals surface area contributed by atoms with Crippen molar-refractivity contribution in [1.82, 2.24) is 5.32 Å². The van der Waals surface area contributed by atoms with E-state index in [0.717, 1.165) is 24.1 Å². The lowest BCUT2D eigenvalue weighted by Gasteiger charge is -2.20. The number of carbonyl (C=O) groups is 1. The van der Waals surface area contributed by atoms with Gasteiger partial charge in [-0.2, -0.15) is 0 Å². The standard InChI is InChI=1S/C14H19FN2O/c1-3-9(2)14(18)17-12-5-4-10-8-16-7-6-11(10)13(12)15/h4-5,9,16H,3,6-8H2,1-2H3,(H,17,18). The number of hydrogen-bond acceptors (Lipinski definition) is 2. The van der Waals surface area contributed by atoms with E-state index in [9.17, 15) is 9.18 Å². The van der Waals surface area contributed by atoms with Gasteiger partial charge in [0.1, 0.15) is 5.82 Å². The third-order valence-corrected chi connectivity index (χ3v) is 3.53. The number of rotatable bonds is 3. The van der Waals surface area contributed by atoms with Crippen LogP contribution in [0.4, 0.5) is 10.1 Å². The van der Waals surface area contributed by atoms with Gasteiger partial charge in [-0.3, -0.25) is 4.79 Å². The van der Waals surface area contributed by atoms with E-state index in [1.807, 2.05) is 19.9 Å². The number of halogens is 1. The Labute approximate surface area is 107 Å². The zero-order chi connectivity index (χ0) is 13.1. The van der Waals surface area contributed by atoms with Gasteiger partial charge in [-0.05, 0) is 36.6 Å². The van der Waals surface area contributed by atoms with Crippen LogP contribution in [0.1, 0.15) is 31.4 Å². The summed E-state index contributed by atoms with van der Waals surface area (Å²) in [5.41, 5.74) is 2.02. The molecule has 2 N–H and O–H groups in total. The SMILES string of the molecule is CCC(C)C(=O)Nc1ccc2c(c1F)CCNC2. The summed E-state index contributed by atoms with van der Waals surface area (Å²) in [4.78, 5) is 11.8. The highest BCUT2D eigenvalue weighted by atomic mass is 19.1. The Hall–Kier alpha value is -1.42. The summed E-state index contributed by atoms with van der Waals surface area (Å²) in [6.07, 6.45) is 1.43. The minimum Gasteiger partial charge on any atom is -0.323 e. The Kier molecular flexibility index (Phi) is 3.97. The van der Waals surface area contributed by atoms with Gasteiger partial charge >= 0.3 is 0 Å². The van der Waals surface area contributed by atoms with E-state index in [2.05, 4.69) is 10.6 Å². The molecule has 1 aromatic carbocycles. The van der Waals surface area contributed by atoms with Crippen LogP contribution in [0.2, 0.25) is 0 Å². The lowest BCUT2D eigenvalue weighted by Crippen LogP contribution is -2.26. The molecule has 0 saturated heterocycles. The topological polar surface area (TPSA) is 41.1 Å². The van der Waals surface area contributed by atoms with Crippen LogP contribution in [0.15, 0.2) is 12.1 Å². The summed E-state index contributed by atoms with van der Waals surface area (Å²) in [6.45, 7) is 5.27. The molecule has 18 heavy (non-hydrogen) atoms. The number of anilines is 1. The molecule has 1 aliphatic heterocycles. The minimum absolute atomic E-state index is 0.0953. The second kappa shape index (κ2) is 5.48. The fourth-order valence-corrected chi connectivity index (χ4v) is 2.07. The second-order valence-corrected chi connectivity index (χ2v) is 4.79. The van der Waals surface area contributed by atoms with Crippen LogP contribution >= 0.6 is 0 Å². The second-order valence-electron chi connectivity index (χ2n) is 4.79. The van der Waals surface area contributed by atoms with Gasteiger partial charge < -0.3 is 10.6 Å². The van der Waals surface area contributed by atoms with Gasteiger partial charge in [-0.25, -0.2) is 4.39 Å². The molecule has 3 nitrogen and oxygen atoms in total. The normalized spacial score (nSPS) is 15.9. The number of carbonyl (C=O) groups excluding carboxylic acids is 1. The Balaban J connectivity index is 2.22. The molecule has 0 fully saturated rings. The molecular formula is C14H19FN2O. The van der Waals surface area contributed by atoms with Gasteiger partial charge in [0.2, 0.25) is 5.91 Å². The predicted molar refractivity (Wildman–Crippen MR) is 69.9 cm³/mol. The Morgan fingerprint density at radius 3 is 3.06 bits per heavy atom. The van der Waals surface area contributed by atoms with Gasteiger partial charge in [0, 0.05) is 12.5 Å². The maximum atomic E-state index is 14.2. The van der Waals surface area contributed by atoms with Gasteiger partial charge in [-0.1, -0.05) is 19.9 Å². The van der Waals surface area contributed by atoms with Crippen LogP contribution in [0.5, 0.6) is 0 Å². The first kappa shape index (κ1) is 13.0. The third-order valence-electron chi connectivity index (χ3n) is 3.53. The molecule has 1 atom stereocenters. The molecule has 1 aromatic rings. The molecule has 0 aliphatic carbocycles. The Morgan fingerprint density at radius 1 is 1.56 bits per heavy atom. The van der Waals surface area contributed by atoms with Crippen LogP contribution in [0, 0.1) is 11.7 Å². The zero-order valence-electron chi connectivity index (χ0n) is 10.8. The molecular weight excluding hydrogens is 231 g/mol. The molecule has 1 heterocycles. The van der Waals surface area contributed by atoms with E-state index in [1.165, 1.54) is 0 Å². The van der Waals surface area contributed by atoms with E-state index < -0.39 is 0 Å². The van der Waals surface area contributed by atoms with E-state index in [-0.39, 0.29) is 17.6 Å². The minimum atomic E-state index is -0.273. The Morgan fingerprint density at radius 2 is 2.33 bits per heavy atom. The lowest BCUT2D eigenvalue weighted by atomic mass is 9.99. The van der Waals surface area contributed by atoms with Gasteiger partial charge in [0.15, 0.2) is 0 Å². The van der Waals surface area contributed by atoms with Gasteiger partial charge in [-0.15, -0.1) is 0 Å². The van der Waals surface area contributed by atoms with E-state index in [0.29, 0.717) is 18.7 Å². The molecule has 1 amide bonds. The first-order chi connectivity index (χ1) is 8.63. The number of fused-ring (bicyclic) bond motifs is 1. The Bertz CT molecular complexity index is 459. The average Bonchev–Trinajstić information content (AvgIpc) is 2.41. The maximum Gasteiger partial charge on any atom is 0.227 e. The average molecular weight is 250 g/mol. The monoisotopic (exact) mass is 250 g/mol. The summed E-state index contributed by atoms with van der Waals surface area (Å²) >= 11 is 0. The van der Waals surface area contributed by atoms with Gasteiger partial charge in [0.25, 0.3) is 0 Å². The number of amides is 1. The van der Waals surface area contributed by atoms with Crippen molar-refractivity contribution < 1.29 is 9.18 Å². The third kappa shape index (κ3) is 2.53. The lowest BCUT2D eigenvalue weighted by molar-refractivity contribution is -0.119. The summed E-state index contributed by atoms with van der Waals surface area (Å²) in [7, 11) is 0. The van der Waals surface area contributed by atoms with Crippen LogP contribution in [-0.2, 0) is 17.8 Å². The first-order valence-electron chi connectivity index (χ1n) is 6.45. The fraction of sp³-hybridized carbons (Fsp3) is 0.500. The predicted octanol–water partition coefficient (Wildman–Crippen LogP) is 2.46. The number of hydrogen-bond donors (Lipinski definition) is 2. The molecule has 0 saturated carbocycles. The van der Waals surface area contributed by atoms with Crippen molar-refractivity contribution in [3.63, 3.8) is 0 Å². The van der Waals surface area contributed by atoms with E-state index in [1.54, 1.807) is 6.07 Å². The molecule has 0 aromatic heterocycles. The van der Waals surface area contributed by atoms with Crippen molar-refractivity contribution in [2.75, 3.05) is 11.9 Å². The highest BCUT2D eigenvalue weighted by molar-refractivity contribution is 5.92. The fourth-order valence-electron chi connectivity index (χ4n) is 2.07. The van der Waals surface area contributed by atoms with Crippen LogP contribution in [0.3, 0.4) is 0 Å². The highest BCUT2D eigenvalue weighted by Gasteiger charge is 2.18. The largest absolute Gasteiger partial charge is 0.323 e. The summed E-state index contributed by atoms with van der Waals surface area (Å²) < 4.78 is 14.2. The molecule has 0 bridgehead atoms. The van der Waals surface area contributed by atoms with Crippen molar-refractivity contribution in [3.05, 3.63) is 29.1 Å². The molecule has 2 rings (SSSR count). The van der Waals surface area contributed by atoms with Gasteiger partial charge in [0.05, 0.1) is 5.69 Å². The summed E-state index contributed by atoms with van der Waals surface area (Å²) in [5.74, 6) is -0.488. The van der Waals surface area contributed by atoms with Crippen molar-refractivity contribution >= 4 is 11.6 Å². The quantitative estimate of drug-likeness (QED) is 0.865. The molecule has 98 valence electrons. The van der Waals surface area contributed by atoms with E-state index in [4.69, 9.17) is 0 Å². The van der Waals surface area contributed by atoms with Crippen molar-refractivity contribution in [3.8, 4) is 0 Å². The smallest absolute Gasteiger partial charge is 0.227 e. The van der Waals surface area contributed by atoms with Crippen molar-refractivity contribution in [2.45, 2.75) is 33.2 Å². The van der Waals surface area contributed by atoms with Crippen LogP contribution < -0.4 is 10.6 Å². The molecule has 1 aliphatic rings. The first-order valence-corrected chi connectivity index (χ1v) is 6.45. The van der Waals surface area contributed by atoms with Crippen molar-refractivity contribution in [2.24, 2.45) is 5.92 Å². The molecule has 0 spiro atoms. The number of benzene rings is 1. The molecule has 4 heteroatoms. The van der Waals surface area contributed by atoms with Crippen molar-refractivity contribution in [1.29, 1.82) is 0 Å². The van der Waals surface area contributed by atoms with Crippen LogP contribution in [0.25, 0.3) is 0 Å². The molecule has 1 unspecified atom stereocenters.